The van der Waals surface area contributed by atoms with Crippen molar-refractivity contribution in [1.82, 2.24) is 10.2 Å². The SMILES string of the molecule is CC(C)CN(CCC1CCCC1(C#N)NC1CC1)C1CC1. The fourth-order valence-corrected chi connectivity index (χ4v) is 4.08. The van der Waals surface area contributed by atoms with Crippen LogP contribution in [0.1, 0.15) is 65.2 Å². The summed E-state index contributed by atoms with van der Waals surface area (Å²) >= 11 is 0. The van der Waals surface area contributed by atoms with Crippen LogP contribution in [-0.4, -0.2) is 35.6 Å². The first-order valence-corrected chi connectivity index (χ1v) is 9.06. The van der Waals surface area contributed by atoms with Crippen molar-refractivity contribution in [2.45, 2.75) is 82.8 Å². The molecule has 0 spiro atoms. The van der Waals surface area contributed by atoms with E-state index < -0.39 is 0 Å². The third-order valence-electron chi connectivity index (χ3n) is 5.49. The van der Waals surface area contributed by atoms with E-state index in [-0.39, 0.29) is 5.54 Å². The zero-order chi connectivity index (χ0) is 14.9. The van der Waals surface area contributed by atoms with Crippen molar-refractivity contribution >= 4 is 0 Å². The minimum absolute atomic E-state index is 0.200. The second-order valence-electron chi connectivity index (χ2n) is 8.00. The van der Waals surface area contributed by atoms with Gasteiger partial charge in [0.1, 0.15) is 5.54 Å². The molecule has 2 unspecified atom stereocenters. The third kappa shape index (κ3) is 3.79. The van der Waals surface area contributed by atoms with Crippen LogP contribution in [0.3, 0.4) is 0 Å². The molecule has 21 heavy (non-hydrogen) atoms. The van der Waals surface area contributed by atoms with E-state index in [0.717, 1.165) is 18.4 Å². The van der Waals surface area contributed by atoms with Crippen LogP contribution in [0.15, 0.2) is 0 Å². The third-order valence-corrected chi connectivity index (χ3v) is 5.49. The molecule has 2 atom stereocenters. The van der Waals surface area contributed by atoms with Gasteiger partial charge in [0.05, 0.1) is 6.07 Å². The number of nitrogens with one attached hydrogen (secondary N) is 1. The second-order valence-corrected chi connectivity index (χ2v) is 8.00. The topological polar surface area (TPSA) is 39.1 Å². The summed E-state index contributed by atoms with van der Waals surface area (Å²) in [5.74, 6) is 1.32. The van der Waals surface area contributed by atoms with Crippen LogP contribution in [0, 0.1) is 23.2 Å². The van der Waals surface area contributed by atoms with Crippen molar-refractivity contribution in [1.29, 1.82) is 5.26 Å². The molecule has 3 rings (SSSR count). The normalized spacial score (nSPS) is 32.8. The Morgan fingerprint density at radius 3 is 2.57 bits per heavy atom. The van der Waals surface area contributed by atoms with Gasteiger partial charge in [0.25, 0.3) is 0 Å². The van der Waals surface area contributed by atoms with E-state index in [4.69, 9.17) is 0 Å². The molecule has 118 valence electrons. The molecular weight excluding hydrogens is 258 g/mol. The lowest BCUT2D eigenvalue weighted by Crippen LogP contribution is -2.49. The van der Waals surface area contributed by atoms with Gasteiger partial charge in [-0.05, 0) is 63.3 Å². The minimum Gasteiger partial charge on any atom is -0.300 e. The summed E-state index contributed by atoms with van der Waals surface area (Å²) in [6.07, 6.45) is 10.1. The van der Waals surface area contributed by atoms with Gasteiger partial charge in [-0.25, -0.2) is 0 Å². The average Bonchev–Trinajstić information content (AvgIpc) is 3.34. The first-order chi connectivity index (χ1) is 10.1. The fourth-order valence-electron chi connectivity index (χ4n) is 4.08. The second kappa shape index (κ2) is 6.26. The number of nitrogens with zero attached hydrogens (tertiary/aromatic N) is 2. The van der Waals surface area contributed by atoms with E-state index in [1.54, 1.807) is 0 Å². The highest BCUT2D eigenvalue weighted by Gasteiger charge is 2.46. The largest absolute Gasteiger partial charge is 0.300 e. The average molecular weight is 289 g/mol. The lowest BCUT2D eigenvalue weighted by Gasteiger charge is -2.32. The van der Waals surface area contributed by atoms with Crippen molar-refractivity contribution in [2.75, 3.05) is 13.1 Å². The van der Waals surface area contributed by atoms with Crippen LogP contribution in [0.5, 0.6) is 0 Å². The van der Waals surface area contributed by atoms with Crippen LogP contribution in [0.25, 0.3) is 0 Å². The Bertz CT molecular complexity index is 392. The molecule has 3 fully saturated rings. The highest BCUT2D eigenvalue weighted by atomic mass is 15.2. The van der Waals surface area contributed by atoms with Crippen LogP contribution in [0.4, 0.5) is 0 Å². The van der Waals surface area contributed by atoms with Crippen molar-refractivity contribution in [2.24, 2.45) is 11.8 Å². The smallest absolute Gasteiger partial charge is 0.109 e. The quantitative estimate of drug-likeness (QED) is 0.745. The predicted molar refractivity (Wildman–Crippen MR) is 85.9 cm³/mol. The Balaban J connectivity index is 1.56. The van der Waals surface area contributed by atoms with Gasteiger partial charge in [0.2, 0.25) is 0 Å². The van der Waals surface area contributed by atoms with Crippen LogP contribution < -0.4 is 5.32 Å². The van der Waals surface area contributed by atoms with E-state index in [2.05, 4.69) is 30.1 Å². The maximum absolute atomic E-state index is 9.77. The molecule has 3 saturated carbocycles. The number of hydrogen-bond acceptors (Lipinski definition) is 3. The van der Waals surface area contributed by atoms with Gasteiger partial charge < -0.3 is 4.90 Å². The maximum atomic E-state index is 9.77. The van der Waals surface area contributed by atoms with Crippen LogP contribution in [-0.2, 0) is 0 Å². The van der Waals surface area contributed by atoms with E-state index in [1.807, 2.05) is 0 Å². The Morgan fingerprint density at radius 2 is 2.00 bits per heavy atom. The highest BCUT2D eigenvalue weighted by molar-refractivity contribution is 5.16. The summed E-state index contributed by atoms with van der Waals surface area (Å²) in [7, 11) is 0. The Morgan fingerprint density at radius 1 is 1.24 bits per heavy atom. The molecular formula is C18H31N3. The molecule has 0 aromatic carbocycles. The van der Waals surface area contributed by atoms with Gasteiger partial charge in [0, 0.05) is 18.6 Å². The Kier molecular flexibility index (Phi) is 4.57. The molecule has 0 amide bonds. The van der Waals surface area contributed by atoms with Crippen molar-refractivity contribution < 1.29 is 0 Å². The summed E-state index contributed by atoms with van der Waals surface area (Å²) < 4.78 is 0. The highest BCUT2D eigenvalue weighted by Crippen LogP contribution is 2.40. The van der Waals surface area contributed by atoms with Crippen LogP contribution in [0.2, 0.25) is 0 Å². The number of rotatable bonds is 8. The number of nitriles is 1. The van der Waals surface area contributed by atoms with Gasteiger partial charge in [-0.2, -0.15) is 5.26 Å². The van der Waals surface area contributed by atoms with Crippen molar-refractivity contribution in [3.63, 3.8) is 0 Å². The van der Waals surface area contributed by atoms with E-state index in [0.29, 0.717) is 12.0 Å². The summed E-state index contributed by atoms with van der Waals surface area (Å²) in [5.41, 5.74) is -0.200. The minimum atomic E-state index is -0.200. The van der Waals surface area contributed by atoms with Gasteiger partial charge in [-0.3, -0.25) is 5.32 Å². The van der Waals surface area contributed by atoms with Crippen molar-refractivity contribution in [3.05, 3.63) is 0 Å². The molecule has 3 aliphatic rings. The molecule has 0 radical (unpaired) electrons. The zero-order valence-electron chi connectivity index (χ0n) is 13.8. The lowest BCUT2D eigenvalue weighted by molar-refractivity contribution is 0.197. The monoisotopic (exact) mass is 289 g/mol. The van der Waals surface area contributed by atoms with Gasteiger partial charge in [-0.15, -0.1) is 0 Å². The Labute approximate surface area is 130 Å². The molecule has 1 N–H and O–H groups in total. The molecule has 0 saturated heterocycles. The summed E-state index contributed by atoms with van der Waals surface area (Å²) in [4.78, 5) is 2.70. The zero-order valence-corrected chi connectivity index (χ0v) is 13.8. The summed E-state index contributed by atoms with van der Waals surface area (Å²) in [6.45, 7) is 7.06. The van der Waals surface area contributed by atoms with Crippen LogP contribution >= 0.6 is 0 Å². The van der Waals surface area contributed by atoms with Crippen molar-refractivity contribution in [3.8, 4) is 6.07 Å². The number of hydrogen-bond donors (Lipinski definition) is 1. The molecule has 0 aliphatic heterocycles. The van der Waals surface area contributed by atoms with E-state index >= 15 is 0 Å². The summed E-state index contributed by atoms with van der Waals surface area (Å²) in [5, 5.41) is 13.5. The maximum Gasteiger partial charge on any atom is 0.109 e. The molecule has 3 heteroatoms. The van der Waals surface area contributed by atoms with E-state index in [1.165, 1.54) is 58.0 Å². The molecule has 0 aromatic rings. The molecule has 3 aliphatic carbocycles. The van der Waals surface area contributed by atoms with Gasteiger partial charge in [-0.1, -0.05) is 20.3 Å². The molecule has 0 heterocycles. The standard InChI is InChI=1S/C18H31N3/c1-14(2)12-21(17-7-8-17)11-9-15-4-3-10-18(15,13-19)20-16-5-6-16/h14-17,20H,3-12H2,1-2H3. The summed E-state index contributed by atoms with van der Waals surface area (Å²) in [6, 6.07) is 4.17. The first-order valence-electron chi connectivity index (χ1n) is 9.06. The van der Waals surface area contributed by atoms with Gasteiger partial charge in [0.15, 0.2) is 0 Å². The Hall–Kier alpha value is -0.590. The van der Waals surface area contributed by atoms with Gasteiger partial charge >= 0.3 is 0 Å². The van der Waals surface area contributed by atoms with E-state index in [9.17, 15) is 5.26 Å². The molecule has 0 bridgehead atoms. The molecule has 3 nitrogen and oxygen atoms in total. The first kappa shape index (κ1) is 15.3. The predicted octanol–water partition coefficient (Wildman–Crippen LogP) is 3.31. The fraction of sp³-hybridized carbons (Fsp3) is 0.944. The molecule has 0 aromatic heterocycles. The lowest BCUT2D eigenvalue weighted by atomic mass is 9.85.